The Morgan fingerprint density at radius 1 is 0.759 bits per heavy atom. The maximum atomic E-state index is 9.36. The van der Waals surface area contributed by atoms with Gasteiger partial charge in [0.15, 0.2) is 0 Å². The van der Waals surface area contributed by atoms with Crippen molar-refractivity contribution in [1.29, 1.82) is 0 Å². The minimum Gasteiger partial charge on any atom is -0.395 e. The first-order valence-corrected chi connectivity index (χ1v) is 13.3. The second-order valence-electron chi connectivity index (χ2n) is 9.15. The van der Waals surface area contributed by atoms with Gasteiger partial charge in [0.1, 0.15) is 11.0 Å². The lowest BCUT2D eigenvalue weighted by Crippen LogP contribution is -2.44. The van der Waals surface area contributed by atoms with Gasteiger partial charge in [-0.15, -0.1) is 23.2 Å². The van der Waals surface area contributed by atoms with E-state index in [1.165, 1.54) is 96.3 Å². The van der Waals surface area contributed by atoms with Gasteiger partial charge in [0, 0.05) is 6.54 Å². The molecule has 1 fully saturated rings. The molecule has 1 rings (SSSR count). The number of likely N-dealkylation sites (N-methyl/N-ethyl adjacent to an activating group) is 1. The quantitative estimate of drug-likeness (QED) is 0.136. The minimum absolute atomic E-state index is 0.128. The Hall–Kier alpha value is 0.460. The molecule has 0 spiro atoms. The molecule has 0 aromatic carbocycles. The molecule has 0 bridgehead atoms. The molecule has 0 saturated carbocycles. The van der Waals surface area contributed by atoms with Gasteiger partial charge in [-0.2, -0.15) is 0 Å². The molecule has 0 amide bonds. The zero-order valence-electron chi connectivity index (χ0n) is 19.4. The molecular formula is C24H48Cl2N2O. The van der Waals surface area contributed by atoms with Crippen LogP contribution in [0.2, 0.25) is 0 Å². The van der Waals surface area contributed by atoms with Gasteiger partial charge in [-0.25, -0.2) is 0 Å². The van der Waals surface area contributed by atoms with Crippen LogP contribution in [0.15, 0.2) is 0 Å². The number of nitrogens with zero attached hydrogens (tertiary/aromatic N) is 2. The van der Waals surface area contributed by atoms with Crippen LogP contribution in [0, 0.1) is 5.92 Å². The van der Waals surface area contributed by atoms with Gasteiger partial charge in [-0.05, 0) is 19.4 Å². The summed E-state index contributed by atoms with van der Waals surface area (Å²) in [6, 6.07) is 0. The number of β-amino-alcohol motifs (C(OH)–C–C–N with tert-alkyl or cyclic N) is 1. The van der Waals surface area contributed by atoms with E-state index >= 15 is 0 Å². The summed E-state index contributed by atoms with van der Waals surface area (Å²) < 4.78 is 0. The van der Waals surface area contributed by atoms with Crippen molar-refractivity contribution < 1.29 is 5.11 Å². The van der Waals surface area contributed by atoms with Crippen LogP contribution in [0.25, 0.3) is 0 Å². The van der Waals surface area contributed by atoms with E-state index in [1.807, 2.05) is 0 Å². The summed E-state index contributed by atoms with van der Waals surface area (Å²) in [5, 5.41) is 9.36. The van der Waals surface area contributed by atoms with Crippen LogP contribution >= 0.6 is 23.2 Å². The molecule has 174 valence electrons. The second-order valence-corrected chi connectivity index (χ2v) is 10.0. The highest BCUT2D eigenvalue weighted by atomic mass is 35.5. The van der Waals surface area contributed by atoms with Crippen molar-refractivity contribution in [3.63, 3.8) is 0 Å². The smallest absolute Gasteiger partial charge is 0.116 e. The molecule has 4 unspecified atom stereocenters. The fourth-order valence-electron chi connectivity index (χ4n) is 4.79. The summed E-state index contributed by atoms with van der Waals surface area (Å²) in [7, 11) is 2.05. The van der Waals surface area contributed by atoms with Crippen molar-refractivity contribution in [2.45, 2.75) is 127 Å². The standard InChI is InChI=1S/C24H48Cl2N2O/c1-4-5-6-7-8-9-10-11-12-13-14-15-16-17-18-21(2)24-27(3)22(25)23(26)28(24)19-20-29/h21-24,29H,4-20H2,1-3H3. The van der Waals surface area contributed by atoms with Crippen LogP contribution in [0.3, 0.4) is 0 Å². The third-order valence-electron chi connectivity index (χ3n) is 6.57. The van der Waals surface area contributed by atoms with Crippen molar-refractivity contribution in [2.24, 2.45) is 5.92 Å². The van der Waals surface area contributed by atoms with E-state index in [9.17, 15) is 5.11 Å². The second kappa shape index (κ2) is 17.1. The molecule has 1 saturated heterocycles. The molecule has 1 N–H and O–H groups in total. The summed E-state index contributed by atoms with van der Waals surface area (Å²) in [4.78, 5) is 4.33. The third kappa shape index (κ3) is 10.5. The summed E-state index contributed by atoms with van der Waals surface area (Å²) in [5.41, 5.74) is -0.412. The molecule has 0 aliphatic carbocycles. The SMILES string of the molecule is CCCCCCCCCCCCCCCCC(C)C1N(C)C(Cl)C(Cl)N1CCO. The Balaban J connectivity index is 2.01. The number of alkyl halides is 2. The monoisotopic (exact) mass is 450 g/mol. The zero-order chi connectivity index (χ0) is 21.5. The summed E-state index contributed by atoms with van der Waals surface area (Å²) >= 11 is 12.9. The van der Waals surface area contributed by atoms with Gasteiger partial charge in [0.25, 0.3) is 0 Å². The van der Waals surface area contributed by atoms with E-state index in [1.54, 1.807) is 0 Å². The predicted molar refractivity (Wildman–Crippen MR) is 129 cm³/mol. The van der Waals surface area contributed by atoms with E-state index in [-0.39, 0.29) is 23.8 Å². The van der Waals surface area contributed by atoms with Crippen molar-refractivity contribution in [3.05, 3.63) is 0 Å². The average Bonchev–Trinajstić information content (AvgIpc) is 2.92. The summed E-state index contributed by atoms with van der Waals surface area (Å²) in [5.74, 6) is 0.508. The maximum Gasteiger partial charge on any atom is 0.116 e. The molecule has 5 heteroatoms. The van der Waals surface area contributed by atoms with E-state index < -0.39 is 0 Å². The van der Waals surface area contributed by atoms with Gasteiger partial charge in [0.2, 0.25) is 0 Å². The van der Waals surface area contributed by atoms with Crippen LogP contribution in [0.4, 0.5) is 0 Å². The van der Waals surface area contributed by atoms with Gasteiger partial charge in [0.05, 0.1) is 12.8 Å². The zero-order valence-corrected chi connectivity index (χ0v) is 20.9. The highest BCUT2D eigenvalue weighted by Crippen LogP contribution is 2.35. The number of unbranched alkanes of at least 4 members (excludes halogenated alkanes) is 13. The number of rotatable bonds is 18. The Bertz CT molecular complexity index is 386. The molecule has 0 radical (unpaired) electrons. The minimum atomic E-state index is -0.224. The maximum absolute atomic E-state index is 9.36. The van der Waals surface area contributed by atoms with Crippen molar-refractivity contribution in [1.82, 2.24) is 9.80 Å². The fourth-order valence-corrected chi connectivity index (χ4v) is 5.44. The van der Waals surface area contributed by atoms with E-state index in [2.05, 4.69) is 30.7 Å². The van der Waals surface area contributed by atoms with E-state index in [0.29, 0.717) is 12.5 Å². The lowest BCUT2D eigenvalue weighted by Gasteiger charge is -2.33. The van der Waals surface area contributed by atoms with Gasteiger partial charge in [-0.1, -0.05) is 104 Å². The van der Waals surface area contributed by atoms with Crippen LogP contribution in [-0.2, 0) is 0 Å². The molecule has 1 aliphatic rings. The van der Waals surface area contributed by atoms with Crippen molar-refractivity contribution in [3.8, 4) is 0 Å². The molecule has 1 heterocycles. The Labute approximate surface area is 191 Å². The molecule has 29 heavy (non-hydrogen) atoms. The fraction of sp³-hybridized carbons (Fsp3) is 1.00. The first-order chi connectivity index (χ1) is 14.0. The lowest BCUT2D eigenvalue weighted by atomic mass is 9.98. The van der Waals surface area contributed by atoms with Gasteiger partial charge < -0.3 is 5.11 Å². The van der Waals surface area contributed by atoms with E-state index in [4.69, 9.17) is 23.2 Å². The number of hydrogen-bond acceptors (Lipinski definition) is 3. The molecule has 1 aliphatic heterocycles. The Kier molecular flexibility index (Phi) is 16.2. The summed E-state index contributed by atoms with van der Waals surface area (Å²) in [6.07, 6.45) is 21.0. The van der Waals surface area contributed by atoms with Crippen LogP contribution in [0.1, 0.15) is 110 Å². The molecule has 4 atom stereocenters. The largest absolute Gasteiger partial charge is 0.395 e. The average molecular weight is 452 g/mol. The number of aliphatic hydroxyl groups excluding tert-OH is 1. The Morgan fingerprint density at radius 3 is 1.66 bits per heavy atom. The molecule has 0 aromatic heterocycles. The predicted octanol–water partition coefficient (Wildman–Crippen LogP) is 7.19. The first-order valence-electron chi connectivity index (χ1n) is 12.4. The van der Waals surface area contributed by atoms with Crippen LogP contribution in [-0.4, -0.2) is 52.3 Å². The van der Waals surface area contributed by atoms with Gasteiger partial charge >= 0.3 is 0 Å². The van der Waals surface area contributed by atoms with Crippen LogP contribution in [0.5, 0.6) is 0 Å². The van der Waals surface area contributed by atoms with Gasteiger partial charge in [-0.3, -0.25) is 9.80 Å². The normalized spacial score (nSPS) is 24.4. The first kappa shape index (κ1) is 27.5. The lowest BCUT2D eigenvalue weighted by molar-refractivity contribution is 0.0757. The van der Waals surface area contributed by atoms with Crippen LogP contribution < -0.4 is 0 Å². The summed E-state index contributed by atoms with van der Waals surface area (Å²) in [6.45, 7) is 5.30. The number of hydrogen-bond donors (Lipinski definition) is 1. The van der Waals surface area contributed by atoms with Crippen molar-refractivity contribution >= 4 is 23.2 Å². The molecular weight excluding hydrogens is 403 g/mol. The highest BCUT2D eigenvalue weighted by molar-refractivity contribution is 6.29. The van der Waals surface area contributed by atoms with Crippen molar-refractivity contribution in [2.75, 3.05) is 20.2 Å². The number of aliphatic hydroxyl groups is 1. The topological polar surface area (TPSA) is 26.7 Å². The number of halogens is 2. The molecule has 3 nitrogen and oxygen atoms in total. The third-order valence-corrected chi connectivity index (χ3v) is 7.74. The highest BCUT2D eigenvalue weighted by Gasteiger charge is 2.45. The Morgan fingerprint density at radius 2 is 1.21 bits per heavy atom. The van der Waals surface area contributed by atoms with E-state index in [0.717, 1.165) is 0 Å². The molecule has 0 aromatic rings.